The Morgan fingerprint density at radius 1 is 1.20 bits per heavy atom. The number of aromatic nitrogens is 2. The van der Waals surface area contributed by atoms with Crippen LogP contribution in [0.2, 0.25) is 0 Å². The van der Waals surface area contributed by atoms with Crippen molar-refractivity contribution in [2.45, 2.75) is 46.1 Å². The van der Waals surface area contributed by atoms with E-state index in [1.165, 1.54) is 17.1 Å². The van der Waals surface area contributed by atoms with Gasteiger partial charge in [-0.2, -0.15) is 0 Å². The summed E-state index contributed by atoms with van der Waals surface area (Å²) in [4.78, 5) is 1.08. The minimum Gasteiger partial charge on any atom is -0.320 e. The lowest BCUT2D eigenvalue weighted by atomic mass is 9.96. The highest BCUT2D eigenvalue weighted by molar-refractivity contribution is 7.05. The van der Waals surface area contributed by atoms with Crippen LogP contribution in [0.5, 0.6) is 0 Å². The second-order valence-corrected chi connectivity index (χ2v) is 6.78. The molecule has 1 aromatic carbocycles. The van der Waals surface area contributed by atoms with E-state index in [-0.39, 0.29) is 6.04 Å². The van der Waals surface area contributed by atoms with Crippen molar-refractivity contribution >= 4 is 11.5 Å². The average molecular weight is 289 g/mol. The first-order valence-corrected chi connectivity index (χ1v) is 7.93. The summed E-state index contributed by atoms with van der Waals surface area (Å²) in [7, 11) is 0. The van der Waals surface area contributed by atoms with Crippen LogP contribution in [-0.2, 0) is 6.42 Å². The topological polar surface area (TPSA) is 51.8 Å². The summed E-state index contributed by atoms with van der Waals surface area (Å²) in [5.74, 6) is 1.01. The van der Waals surface area contributed by atoms with Crippen molar-refractivity contribution in [1.29, 1.82) is 0 Å². The Balaban J connectivity index is 2.28. The molecule has 0 fully saturated rings. The van der Waals surface area contributed by atoms with Crippen LogP contribution >= 0.6 is 11.5 Å². The Morgan fingerprint density at radius 2 is 1.95 bits per heavy atom. The van der Waals surface area contributed by atoms with Gasteiger partial charge < -0.3 is 5.73 Å². The van der Waals surface area contributed by atoms with E-state index in [1.807, 2.05) is 0 Å². The van der Waals surface area contributed by atoms with E-state index in [2.05, 4.69) is 61.5 Å². The van der Waals surface area contributed by atoms with Crippen LogP contribution in [0.1, 0.15) is 61.4 Å². The van der Waals surface area contributed by atoms with E-state index in [0.29, 0.717) is 11.8 Å². The quantitative estimate of drug-likeness (QED) is 0.908. The van der Waals surface area contributed by atoms with Crippen LogP contribution in [0.25, 0.3) is 0 Å². The first-order chi connectivity index (χ1) is 9.49. The fourth-order valence-corrected chi connectivity index (χ4v) is 3.19. The Hall–Kier alpha value is -1.26. The maximum atomic E-state index is 6.43. The molecular weight excluding hydrogens is 266 g/mol. The number of nitrogens with two attached hydrogens (primary N) is 1. The van der Waals surface area contributed by atoms with Gasteiger partial charge in [0.1, 0.15) is 0 Å². The Morgan fingerprint density at radius 3 is 2.60 bits per heavy atom. The van der Waals surface area contributed by atoms with Crippen LogP contribution < -0.4 is 5.73 Å². The maximum absolute atomic E-state index is 6.43. The highest BCUT2D eigenvalue weighted by Gasteiger charge is 2.19. The van der Waals surface area contributed by atoms with Gasteiger partial charge in [0.2, 0.25) is 0 Å². The first kappa shape index (κ1) is 15.1. The van der Waals surface area contributed by atoms with Gasteiger partial charge in [0.15, 0.2) is 0 Å². The molecule has 0 amide bonds. The fourth-order valence-electron chi connectivity index (χ4n) is 2.36. The smallest absolute Gasteiger partial charge is 0.0832 e. The molecule has 3 nitrogen and oxygen atoms in total. The normalized spacial score (nSPS) is 13.2. The molecule has 0 saturated carbocycles. The van der Waals surface area contributed by atoms with Crippen LogP contribution in [0.4, 0.5) is 0 Å². The molecule has 0 bridgehead atoms. The molecular formula is C16H23N3S. The van der Waals surface area contributed by atoms with Crippen LogP contribution in [0.15, 0.2) is 24.3 Å². The summed E-state index contributed by atoms with van der Waals surface area (Å²) >= 11 is 1.41. The number of benzene rings is 1. The zero-order chi connectivity index (χ0) is 14.7. The second kappa shape index (κ2) is 6.46. The lowest BCUT2D eigenvalue weighted by Gasteiger charge is -2.14. The van der Waals surface area contributed by atoms with Gasteiger partial charge in [0, 0.05) is 0 Å². The van der Waals surface area contributed by atoms with Crippen molar-refractivity contribution in [1.82, 2.24) is 9.59 Å². The Kier molecular flexibility index (Phi) is 4.89. The third-order valence-corrected chi connectivity index (χ3v) is 4.15. The van der Waals surface area contributed by atoms with Crippen LogP contribution in [-0.4, -0.2) is 9.59 Å². The Labute approximate surface area is 125 Å². The second-order valence-electron chi connectivity index (χ2n) is 6.00. The zero-order valence-electron chi connectivity index (χ0n) is 12.6. The van der Waals surface area contributed by atoms with Gasteiger partial charge >= 0.3 is 0 Å². The van der Waals surface area contributed by atoms with Gasteiger partial charge in [-0.05, 0) is 40.9 Å². The molecule has 2 aromatic rings. The summed E-state index contributed by atoms with van der Waals surface area (Å²) in [6, 6.07) is 8.45. The van der Waals surface area contributed by atoms with Crippen molar-refractivity contribution in [2.24, 2.45) is 11.7 Å². The monoisotopic (exact) mass is 289 g/mol. The zero-order valence-corrected chi connectivity index (χ0v) is 13.4. The minimum atomic E-state index is -0.125. The number of hydrogen-bond acceptors (Lipinski definition) is 4. The van der Waals surface area contributed by atoms with Crippen LogP contribution in [0.3, 0.4) is 0 Å². The lowest BCUT2D eigenvalue weighted by Crippen LogP contribution is -2.13. The first-order valence-electron chi connectivity index (χ1n) is 7.15. The highest BCUT2D eigenvalue weighted by Crippen LogP contribution is 2.29. The summed E-state index contributed by atoms with van der Waals surface area (Å²) < 4.78 is 4.07. The molecule has 0 aliphatic heterocycles. The van der Waals surface area contributed by atoms with Crippen molar-refractivity contribution in [3.05, 3.63) is 46.0 Å². The molecule has 0 aliphatic rings. The molecule has 0 spiro atoms. The predicted molar refractivity (Wildman–Crippen MR) is 85.0 cm³/mol. The molecule has 1 aromatic heterocycles. The molecule has 108 valence electrons. The highest BCUT2D eigenvalue weighted by atomic mass is 32.1. The largest absolute Gasteiger partial charge is 0.320 e. The van der Waals surface area contributed by atoms with E-state index in [9.17, 15) is 0 Å². The van der Waals surface area contributed by atoms with Gasteiger partial charge in [-0.25, -0.2) is 0 Å². The number of hydrogen-bond donors (Lipinski definition) is 1. The van der Waals surface area contributed by atoms with E-state index in [1.54, 1.807) is 0 Å². The summed E-state index contributed by atoms with van der Waals surface area (Å²) in [5.41, 5.74) is 9.95. The molecule has 0 saturated heterocycles. The molecule has 4 heteroatoms. The van der Waals surface area contributed by atoms with Gasteiger partial charge in [0.05, 0.1) is 16.6 Å². The molecule has 2 rings (SSSR count). The van der Waals surface area contributed by atoms with Gasteiger partial charge in [-0.15, -0.1) is 5.10 Å². The van der Waals surface area contributed by atoms with Crippen LogP contribution in [0, 0.1) is 5.92 Å². The Bertz CT molecular complexity index is 560. The molecule has 1 atom stereocenters. The predicted octanol–water partition coefficient (Wildman–Crippen LogP) is 3.91. The standard InChI is InChI=1S/C16H23N3S/c1-10(2)8-12-6-5-7-13(9-12)14(17)16-15(11(3)4)18-19-20-16/h5-7,9-11,14H,8,17H2,1-4H3. The van der Waals surface area contributed by atoms with Crippen molar-refractivity contribution in [3.63, 3.8) is 0 Å². The number of rotatable bonds is 5. The SMILES string of the molecule is CC(C)Cc1cccc(C(N)c2snnc2C(C)C)c1. The van der Waals surface area contributed by atoms with E-state index in [4.69, 9.17) is 5.73 Å². The minimum absolute atomic E-state index is 0.125. The molecule has 20 heavy (non-hydrogen) atoms. The molecule has 1 unspecified atom stereocenters. The van der Waals surface area contributed by atoms with Crippen molar-refractivity contribution in [3.8, 4) is 0 Å². The summed E-state index contributed by atoms with van der Waals surface area (Å²) in [6.07, 6.45) is 1.08. The average Bonchev–Trinajstić information content (AvgIpc) is 2.86. The van der Waals surface area contributed by atoms with E-state index < -0.39 is 0 Å². The lowest BCUT2D eigenvalue weighted by molar-refractivity contribution is 0.646. The molecule has 2 N–H and O–H groups in total. The number of nitrogens with zero attached hydrogens (tertiary/aromatic N) is 2. The van der Waals surface area contributed by atoms with E-state index >= 15 is 0 Å². The molecule has 0 radical (unpaired) electrons. The molecule has 1 heterocycles. The van der Waals surface area contributed by atoms with Gasteiger partial charge in [0.25, 0.3) is 0 Å². The van der Waals surface area contributed by atoms with Crippen molar-refractivity contribution < 1.29 is 0 Å². The third kappa shape index (κ3) is 3.44. The van der Waals surface area contributed by atoms with Crippen molar-refractivity contribution in [2.75, 3.05) is 0 Å². The summed E-state index contributed by atoms with van der Waals surface area (Å²) in [6.45, 7) is 8.72. The van der Waals surface area contributed by atoms with Gasteiger partial charge in [-0.3, -0.25) is 0 Å². The fraction of sp³-hybridized carbons (Fsp3) is 0.500. The van der Waals surface area contributed by atoms with Gasteiger partial charge in [-0.1, -0.05) is 56.4 Å². The summed E-state index contributed by atoms with van der Waals surface area (Å²) in [5, 5.41) is 4.22. The molecule has 0 aliphatic carbocycles. The van der Waals surface area contributed by atoms with E-state index in [0.717, 1.165) is 22.6 Å². The third-order valence-electron chi connectivity index (χ3n) is 3.32. The maximum Gasteiger partial charge on any atom is 0.0832 e.